The molecule has 0 saturated carbocycles. The summed E-state index contributed by atoms with van der Waals surface area (Å²) in [5, 5.41) is -0.361. The third kappa shape index (κ3) is 3940. The second-order valence-electron chi connectivity index (χ2n) is 0.718. The summed E-state index contributed by atoms with van der Waals surface area (Å²) in [6.45, 7) is 1.29. The third-order valence-electron chi connectivity index (χ3n) is 0. The lowest BCUT2D eigenvalue weighted by Crippen LogP contribution is -1.76. The molecule has 0 unspecified atom stereocenters. The highest BCUT2D eigenvalue weighted by atomic mass is 35.5. The molecule has 8 heavy (non-hydrogen) atoms. The number of carbonyl (C=O) groups is 1. The Morgan fingerprint density at radius 3 is 1.50 bits per heavy atom. The van der Waals surface area contributed by atoms with E-state index in [-0.39, 0.29) is 5.24 Å². The Bertz CT molecular complexity index is 61.5. The van der Waals surface area contributed by atoms with Crippen LogP contribution in [-0.4, -0.2) is 12.8 Å². The Morgan fingerprint density at radius 1 is 1.50 bits per heavy atom. The predicted molar refractivity (Wildman–Crippen MR) is 25.6 cm³/mol. The van der Waals surface area contributed by atoms with E-state index in [9.17, 15) is 17.7 Å². The van der Waals surface area contributed by atoms with Gasteiger partial charge in [-0.2, -0.15) is 0 Å². The first kappa shape index (κ1) is 10.7. The van der Waals surface area contributed by atoms with Crippen molar-refractivity contribution in [2.75, 3.05) is 0 Å². The van der Waals surface area contributed by atoms with Crippen LogP contribution in [0.5, 0.6) is 0 Å². The SMILES string of the molecule is CC(=O)Cl.FB(F)F. The van der Waals surface area contributed by atoms with Crippen LogP contribution in [0.2, 0.25) is 0 Å². The fourth-order valence-corrected chi connectivity index (χ4v) is 0. The molecule has 0 N–H and O–H groups in total. The zero-order valence-corrected chi connectivity index (χ0v) is 4.75. The molecule has 0 fully saturated rings. The second-order valence-corrected chi connectivity index (χ2v) is 1.25. The summed E-state index contributed by atoms with van der Waals surface area (Å²) in [4.78, 5) is 9.21. The quantitative estimate of drug-likeness (QED) is 0.375. The molecule has 0 aromatic rings. The smallest absolute Gasteiger partial charge is 0.282 e. The van der Waals surface area contributed by atoms with Crippen LogP contribution in [0.25, 0.3) is 0 Å². The molecular weight excluding hydrogens is 143 g/mol. The molecular formula is C2H3BClF3O. The lowest BCUT2D eigenvalue weighted by atomic mass is 10.5. The van der Waals surface area contributed by atoms with E-state index in [1.54, 1.807) is 0 Å². The van der Waals surface area contributed by atoms with Crippen LogP contribution in [0.15, 0.2) is 0 Å². The van der Waals surface area contributed by atoms with Crippen molar-refractivity contribution in [1.29, 1.82) is 0 Å². The molecule has 0 spiro atoms. The molecule has 1 nitrogen and oxygen atoms in total. The number of carbonyl (C=O) groups excluding carboxylic acids is 1. The average molecular weight is 146 g/mol. The van der Waals surface area contributed by atoms with E-state index >= 15 is 0 Å². The minimum absolute atomic E-state index is 0.361. The molecule has 0 radical (unpaired) electrons. The molecule has 0 saturated heterocycles. The first-order valence-corrected chi connectivity index (χ1v) is 1.93. The number of hydrogen-bond donors (Lipinski definition) is 0. The van der Waals surface area contributed by atoms with Gasteiger partial charge in [0.05, 0.1) is 0 Å². The highest BCUT2D eigenvalue weighted by molar-refractivity contribution is 6.62. The van der Waals surface area contributed by atoms with Crippen molar-refractivity contribution in [2.45, 2.75) is 6.92 Å². The Balaban J connectivity index is 0. The van der Waals surface area contributed by atoms with Gasteiger partial charge in [0, 0.05) is 6.92 Å². The van der Waals surface area contributed by atoms with Gasteiger partial charge in [-0.15, -0.1) is 0 Å². The highest BCUT2D eigenvalue weighted by Crippen LogP contribution is 1.80. The normalized spacial score (nSPS) is 6.62. The maximum atomic E-state index is 9.67. The van der Waals surface area contributed by atoms with Gasteiger partial charge in [0.2, 0.25) is 5.24 Å². The fourth-order valence-electron chi connectivity index (χ4n) is 0. The Labute approximate surface area is 50.0 Å². The number of halogens is 4. The Morgan fingerprint density at radius 2 is 1.50 bits per heavy atom. The maximum Gasteiger partial charge on any atom is 0.762 e. The van der Waals surface area contributed by atoms with E-state index in [2.05, 4.69) is 11.6 Å². The molecule has 0 heterocycles. The molecule has 0 aromatic carbocycles. The van der Waals surface area contributed by atoms with E-state index < -0.39 is 7.54 Å². The summed E-state index contributed by atoms with van der Waals surface area (Å²) in [6, 6.07) is 0. The predicted octanol–water partition coefficient (Wildman–Crippen LogP) is 1.65. The standard InChI is InChI=1S/C2H3ClO.BF3/c1-2(3)4;2-1(3)4/h1H3;. The van der Waals surface area contributed by atoms with E-state index in [1.807, 2.05) is 0 Å². The summed E-state index contributed by atoms with van der Waals surface area (Å²) in [5.74, 6) is 0. The topological polar surface area (TPSA) is 17.1 Å². The van der Waals surface area contributed by atoms with Crippen molar-refractivity contribution in [3.8, 4) is 0 Å². The molecule has 0 aliphatic rings. The average Bonchev–Trinajstić information content (AvgIpc) is 1.25. The van der Waals surface area contributed by atoms with Gasteiger partial charge >= 0.3 is 7.54 Å². The molecule has 0 aromatic heterocycles. The molecule has 0 rings (SSSR count). The Hall–Kier alpha value is -0.185. The van der Waals surface area contributed by atoms with Crippen molar-refractivity contribution >= 4 is 24.4 Å². The van der Waals surface area contributed by atoms with Crippen molar-refractivity contribution in [3.63, 3.8) is 0 Å². The van der Waals surface area contributed by atoms with Crippen molar-refractivity contribution in [3.05, 3.63) is 0 Å². The summed E-state index contributed by atoms with van der Waals surface area (Å²) in [5.41, 5.74) is 0. The first-order chi connectivity index (χ1) is 3.46. The van der Waals surface area contributed by atoms with Gasteiger partial charge in [0.1, 0.15) is 0 Å². The summed E-state index contributed by atoms with van der Waals surface area (Å²) < 4.78 is 29.0. The van der Waals surface area contributed by atoms with Gasteiger partial charge in [0.25, 0.3) is 0 Å². The monoisotopic (exact) mass is 146 g/mol. The second kappa shape index (κ2) is 6.81. The fraction of sp³-hybridized carbons (Fsp3) is 0.500. The van der Waals surface area contributed by atoms with Crippen LogP contribution < -0.4 is 0 Å². The maximum absolute atomic E-state index is 9.67. The van der Waals surface area contributed by atoms with Gasteiger partial charge in [-0.1, -0.05) is 0 Å². The lowest BCUT2D eigenvalue weighted by Gasteiger charge is -1.55. The summed E-state index contributed by atoms with van der Waals surface area (Å²) >= 11 is 4.64. The molecule has 0 bridgehead atoms. The van der Waals surface area contributed by atoms with Crippen LogP contribution >= 0.6 is 11.6 Å². The van der Waals surface area contributed by atoms with Gasteiger partial charge in [-0.25, -0.2) is 0 Å². The van der Waals surface area contributed by atoms with Gasteiger partial charge in [-0.3, -0.25) is 17.7 Å². The van der Waals surface area contributed by atoms with Crippen LogP contribution in [0.3, 0.4) is 0 Å². The van der Waals surface area contributed by atoms with Crippen molar-refractivity contribution < 1.29 is 17.7 Å². The largest absolute Gasteiger partial charge is 0.762 e. The van der Waals surface area contributed by atoms with Crippen LogP contribution in [0.4, 0.5) is 12.9 Å². The van der Waals surface area contributed by atoms with E-state index in [1.165, 1.54) is 6.92 Å². The third-order valence-corrected chi connectivity index (χ3v) is 0. The number of rotatable bonds is 0. The molecule has 48 valence electrons. The molecule has 0 aliphatic carbocycles. The van der Waals surface area contributed by atoms with E-state index in [0.717, 1.165) is 0 Å². The van der Waals surface area contributed by atoms with Crippen molar-refractivity contribution in [1.82, 2.24) is 0 Å². The van der Waals surface area contributed by atoms with Crippen molar-refractivity contribution in [2.24, 2.45) is 0 Å². The van der Waals surface area contributed by atoms with Gasteiger partial charge in [-0.05, 0) is 11.6 Å². The zero-order valence-electron chi connectivity index (χ0n) is 4.00. The van der Waals surface area contributed by atoms with Crippen LogP contribution in [0.1, 0.15) is 6.92 Å². The van der Waals surface area contributed by atoms with Crippen LogP contribution in [0, 0.1) is 0 Å². The van der Waals surface area contributed by atoms with Gasteiger partial charge in [0.15, 0.2) is 0 Å². The van der Waals surface area contributed by atoms with Gasteiger partial charge < -0.3 is 0 Å². The minimum Gasteiger partial charge on any atom is -0.282 e. The first-order valence-electron chi connectivity index (χ1n) is 1.55. The zero-order chi connectivity index (χ0) is 7.15. The Kier molecular flexibility index (Phi) is 9.14. The molecule has 6 heteroatoms. The molecule has 0 aliphatic heterocycles. The summed E-state index contributed by atoms with van der Waals surface area (Å²) in [6.07, 6.45) is 0. The molecule has 0 amide bonds. The van der Waals surface area contributed by atoms with E-state index in [0.29, 0.717) is 0 Å². The van der Waals surface area contributed by atoms with E-state index in [4.69, 9.17) is 0 Å². The number of hydrogen-bond acceptors (Lipinski definition) is 1. The van der Waals surface area contributed by atoms with Crippen LogP contribution in [-0.2, 0) is 4.79 Å². The minimum atomic E-state index is -3.67. The summed E-state index contributed by atoms with van der Waals surface area (Å²) in [7, 11) is -3.67. The lowest BCUT2D eigenvalue weighted by molar-refractivity contribution is -0.109. The highest BCUT2D eigenvalue weighted by Gasteiger charge is 2.06. The molecule has 0 atom stereocenters.